The predicted octanol–water partition coefficient (Wildman–Crippen LogP) is 2.62. The Labute approximate surface area is 111 Å². The summed E-state index contributed by atoms with van der Waals surface area (Å²) >= 11 is 0. The largest absolute Gasteiger partial charge is 0.479 e. The monoisotopic (exact) mass is 267 g/mol. The third-order valence-corrected chi connectivity index (χ3v) is 2.56. The molecule has 0 spiro atoms. The first-order valence-electron chi connectivity index (χ1n) is 6.07. The summed E-state index contributed by atoms with van der Waals surface area (Å²) in [6.07, 6.45) is -0.227. The van der Waals surface area contributed by atoms with Crippen molar-refractivity contribution in [1.29, 1.82) is 0 Å². The molecule has 19 heavy (non-hydrogen) atoms. The molecule has 6 nitrogen and oxygen atoms in total. The van der Waals surface area contributed by atoms with Gasteiger partial charge in [0.25, 0.3) is 5.69 Å². The molecule has 0 aliphatic heterocycles. The van der Waals surface area contributed by atoms with Gasteiger partial charge in [-0.2, -0.15) is 0 Å². The number of esters is 1. The van der Waals surface area contributed by atoms with E-state index in [-0.39, 0.29) is 12.3 Å². The van der Waals surface area contributed by atoms with Gasteiger partial charge < -0.3 is 9.47 Å². The molecule has 6 heteroatoms. The van der Waals surface area contributed by atoms with Gasteiger partial charge in [0, 0.05) is 11.6 Å². The minimum Gasteiger partial charge on any atom is -0.479 e. The zero-order chi connectivity index (χ0) is 14.4. The van der Waals surface area contributed by atoms with Crippen LogP contribution in [0.5, 0.6) is 5.75 Å². The van der Waals surface area contributed by atoms with Gasteiger partial charge in [0.2, 0.25) is 0 Å². The lowest BCUT2D eigenvalue weighted by atomic mass is 10.2. The first-order valence-corrected chi connectivity index (χ1v) is 6.07. The number of hydrogen-bond donors (Lipinski definition) is 0. The minimum atomic E-state index is -0.694. The normalized spacial score (nSPS) is 11.7. The Morgan fingerprint density at radius 1 is 1.42 bits per heavy atom. The number of carbonyl (C=O) groups is 1. The van der Waals surface area contributed by atoms with Crippen LogP contribution in [0.3, 0.4) is 0 Å². The van der Waals surface area contributed by atoms with E-state index in [1.54, 1.807) is 26.8 Å². The molecular formula is C13H17NO5. The fourth-order valence-electron chi connectivity index (χ4n) is 1.60. The molecule has 0 aliphatic rings. The molecule has 0 fully saturated rings. The van der Waals surface area contributed by atoms with E-state index in [1.807, 2.05) is 0 Å². The molecule has 0 aromatic heterocycles. The maximum Gasteiger partial charge on any atom is 0.347 e. The van der Waals surface area contributed by atoms with E-state index < -0.39 is 17.0 Å². The minimum absolute atomic E-state index is 0.0246. The smallest absolute Gasteiger partial charge is 0.347 e. The number of nitro benzene ring substituents is 1. The average Bonchev–Trinajstić information content (AvgIpc) is 2.35. The summed E-state index contributed by atoms with van der Waals surface area (Å²) in [6.45, 7) is 5.44. The van der Waals surface area contributed by atoms with Gasteiger partial charge in [-0.25, -0.2) is 4.79 Å². The summed E-state index contributed by atoms with van der Waals surface area (Å²) < 4.78 is 10.4. The van der Waals surface area contributed by atoms with Crippen molar-refractivity contribution < 1.29 is 19.2 Å². The zero-order valence-electron chi connectivity index (χ0n) is 11.2. The number of nitrogens with zero attached hydrogens (tertiary/aromatic N) is 1. The van der Waals surface area contributed by atoms with E-state index in [4.69, 9.17) is 9.47 Å². The molecule has 1 aromatic carbocycles. The number of rotatable bonds is 6. The summed E-state index contributed by atoms with van der Waals surface area (Å²) in [5.41, 5.74) is 0.512. The predicted molar refractivity (Wildman–Crippen MR) is 69.2 cm³/mol. The van der Waals surface area contributed by atoms with Gasteiger partial charge in [0.05, 0.1) is 11.5 Å². The van der Waals surface area contributed by atoms with Crippen LogP contribution in [0.4, 0.5) is 5.69 Å². The van der Waals surface area contributed by atoms with Crippen LogP contribution in [0.25, 0.3) is 0 Å². The van der Waals surface area contributed by atoms with Crippen molar-refractivity contribution in [2.75, 3.05) is 6.61 Å². The summed E-state index contributed by atoms with van der Waals surface area (Å²) in [5.74, 6) is -0.0102. The Morgan fingerprint density at radius 2 is 2.11 bits per heavy atom. The Kier molecular flexibility index (Phi) is 5.29. The number of carbonyl (C=O) groups excluding carboxylic acids is 1. The number of ether oxygens (including phenoxy) is 2. The number of aryl methyl sites for hydroxylation is 1. The molecule has 0 aliphatic carbocycles. The molecule has 0 amide bonds. The molecule has 0 bridgehead atoms. The second-order valence-electron chi connectivity index (χ2n) is 3.97. The molecule has 0 N–H and O–H groups in total. The van der Waals surface area contributed by atoms with Crippen LogP contribution in [0, 0.1) is 17.0 Å². The maximum atomic E-state index is 11.6. The number of benzene rings is 1. The topological polar surface area (TPSA) is 78.7 Å². The van der Waals surface area contributed by atoms with Gasteiger partial charge in [0.15, 0.2) is 6.10 Å². The molecule has 0 saturated carbocycles. The summed E-state index contributed by atoms with van der Waals surface area (Å²) in [6, 6.07) is 4.38. The standard InChI is InChI=1S/C13H17NO5/c1-4-12(13(15)18-5-2)19-10-6-7-11(14(16)17)9(3)8-10/h6-8,12H,4-5H2,1-3H3. The third kappa shape index (κ3) is 3.94. The van der Waals surface area contributed by atoms with E-state index in [0.29, 0.717) is 17.7 Å². The molecule has 0 saturated heterocycles. The maximum absolute atomic E-state index is 11.6. The summed E-state index contributed by atoms with van der Waals surface area (Å²) in [4.78, 5) is 21.8. The van der Waals surface area contributed by atoms with Crippen LogP contribution in [0.1, 0.15) is 25.8 Å². The van der Waals surface area contributed by atoms with E-state index in [1.165, 1.54) is 12.1 Å². The lowest BCUT2D eigenvalue weighted by Gasteiger charge is -2.16. The first-order chi connectivity index (χ1) is 8.99. The average molecular weight is 267 g/mol. The van der Waals surface area contributed by atoms with Gasteiger partial charge in [-0.15, -0.1) is 0 Å². The second-order valence-corrected chi connectivity index (χ2v) is 3.97. The zero-order valence-corrected chi connectivity index (χ0v) is 11.2. The number of nitro groups is 1. The van der Waals surface area contributed by atoms with E-state index >= 15 is 0 Å². The first kappa shape index (κ1) is 14.9. The van der Waals surface area contributed by atoms with E-state index in [0.717, 1.165) is 0 Å². The molecule has 1 rings (SSSR count). The molecule has 104 valence electrons. The van der Waals surface area contributed by atoms with Gasteiger partial charge in [-0.05, 0) is 32.4 Å². The third-order valence-electron chi connectivity index (χ3n) is 2.56. The second kappa shape index (κ2) is 6.72. The SMILES string of the molecule is CCOC(=O)C(CC)Oc1ccc([N+](=O)[O-])c(C)c1. The van der Waals surface area contributed by atoms with Crippen molar-refractivity contribution in [1.82, 2.24) is 0 Å². The molecule has 1 aromatic rings. The molecule has 0 heterocycles. The fourth-order valence-corrected chi connectivity index (χ4v) is 1.60. The Hall–Kier alpha value is -2.11. The quantitative estimate of drug-likeness (QED) is 0.449. The Bertz CT molecular complexity index is 472. The highest BCUT2D eigenvalue weighted by atomic mass is 16.6. The van der Waals surface area contributed by atoms with Crippen molar-refractivity contribution >= 4 is 11.7 Å². The van der Waals surface area contributed by atoms with Gasteiger partial charge in [-0.1, -0.05) is 6.92 Å². The van der Waals surface area contributed by atoms with Crippen molar-refractivity contribution in [2.45, 2.75) is 33.3 Å². The van der Waals surface area contributed by atoms with Crippen LogP contribution in [-0.2, 0) is 9.53 Å². The van der Waals surface area contributed by atoms with Crippen molar-refractivity contribution in [3.05, 3.63) is 33.9 Å². The molecular weight excluding hydrogens is 250 g/mol. The molecule has 1 atom stereocenters. The van der Waals surface area contributed by atoms with Crippen molar-refractivity contribution in [2.24, 2.45) is 0 Å². The fraction of sp³-hybridized carbons (Fsp3) is 0.462. The van der Waals surface area contributed by atoms with Crippen molar-refractivity contribution in [3.8, 4) is 5.75 Å². The van der Waals surface area contributed by atoms with E-state index in [9.17, 15) is 14.9 Å². The lowest BCUT2D eigenvalue weighted by Crippen LogP contribution is -2.28. The van der Waals surface area contributed by atoms with Gasteiger partial charge in [-0.3, -0.25) is 10.1 Å². The summed E-state index contributed by atoms with van der Waals surface area (Å²) in [5, 5.41) is 10.7. The Morgan fingerprint density at radius 3 is 2.58 bits per heavy atom. The molecule has 0 radical (unpaired) electrons. The van der Waals surface area contributed by atoms with Crippen molar-refractivity contribution in [3.63, 3.8) is 0 Å². The highest BCUT2D eigenvalue weighted by molar-refractivity contribution is 5.75. The Balaban J connectivity index is 2.84. The lowest BCUT2D eigenvalue weighted by molar-refractivity contribution is -0.385. The van der Waals surface area contributed by atoms with Crippen LogP contribution in [0.15, 0.2) is 18.2 Å². The number of hydrogen-bond acceptors (Lipinski definition) is 5. The van der Waals surface area contributed by atoms with Crippen LogP contribution >= 0.6 is 0 Å². The highest BCUT2D eigenvalue weighted by Gasteiger charge is 2.20. The van der Waals surface area contributed by atoms with E-state index in [2.05, 4.69) is 0 Å². The van der Waals surface area contributed by atoms with Crippen LogP contribution in [-0.4, -0.2) is 23.6 Å². The van der Waals surface area contributed by atoms with Gasteiger partial charge >= 0.3 is 5.97 Å². The molecule has 1 unspecified atom stereocenters. The highest BCUT2D eigenvalue weighted by Crippen LogP contribution is 2.24. The van der Waals surface area contributed by atoms with Gasteiger partial charge in [0.1, 0.15) is 5.75 Å². The van der Waals surface area contributed by atoms with Crippen LogP contribution < -0.4 is 4.74 Å². The summed E-state index contributed by atoms with van der Waals surface area (Å²) in [7, 11) is 0. The van der Waals surface area contributed by atoms with Crippen LogP contribution in [0.2, 0.25) is 0 Å².